The molecule has 0 spiro atoms. The summed E-state index contributed by atoms with van der Waals surface area (Å²) in [6.07, 6.45) is -0.565. The van der Waals surface area contributed by atoms with Crippen molar-refractivity contribution < 1.29 is 30.6 Å². The lowest BCUT2D eigenvalue weighted by molar-refractivity contribution is -0.139. The minimum atomic E-state index is -4.87. The van der Waals surface area contributed by atoms with Crippen LogP contribution in [0.15, 0.2) is 53.4 Å². The van der Waals surface area contributed by atoms with Gasteiger partial charge in [-0.15, -0.1) is 0 Å². The Hall–Kier alpha value is -2.99. The van der Waals surface area contributed by atoms with E-state index < -0.39 is 32.7 Å². The van der Waals surface area contributed by atoms with Crippen LogP contribution in [-0.4, -0.2) is 32.2 Å². The normalized spacial score (nSPS) is 15.2. The minimum absolute atomic E-state index is 0.212. The van der Waals surface area contributed by atoms with Crippen molar-refractivity contribution in [3.05, 3.63) is 59.7 Å². The van der Waals surface area contributed by atoms with Crippen molar-refractivity contribution >= 4 is 15.9 Å². The molecule has 2 aromatic carbocycles. The number of ketones is 1. The van der Waals surface area contributed by atoms with E-state index in [9.17, 15) is 26.4 Å². The first kappa shape index (κ1) is 25.6. The van der Waals surface area contributed by atoms with E-state index in [1.54, 1.807) is 0 Å². The Kier molecular flexibility index (Phi) is 8.26. The Morgan fingerprint density at radius 1 is 1.09 bits per heavy atom. The second kappa shape index (κ2) is 11.0. The molecule has 9 heteroatoms. The topological polar surface area (TPSA) is 63.7 Å². The van der Waals surface area contributed by atoms with E-state index in [0.29, 0.717) is 18.9 Å². The van der Waals surface area contributed by atoms with Crippen molar-refractivity contribution in [2.24, 2.45) is 5.92 Å². The third kappa shape index (κ3) is 6.54. The number of hydrogen-bond acceptors (Lipinski definition) is 5. The third-order valence-electron chi connectivity index (χ3n) is 5.59. The van der Waals surface area contributed by atoms with Crippen molar-refractivity contribution in [2.45, 2.75) is 50.1 Å². The monoisotopic (exact) mass is 493 g/mol. The molecule has 182 valence electrons. The second-order valence-electron chi connectivity index (χ2n) is 8.07. The van der Waals surface area contributed by atoms with Crippen molar-refractivity contribution in [3.8, 4) is 17.7 Å². The highest BCUT2D eigenvalue weighted by molar-refractivity contribution is 7.87. The largest absolute Gasteiger partial charge is 0.417 e. The molecule has 1 atom stereocenters. The van der Waals surface area contributed by atoms with Gasteiger partial charge in [0.1, 0.15) is 10.6 Å². The molecule has 0 aromatic heterocycles. The maximum absolute atomic E-state index is 13.3. The number of piperidine rings is 1. The summed E-state index contributed by atoms with van der Waals surface area (Å²) in [6.45, 7) is 3.70. The number of carbonyl (C=O) groups is 1. The fourth-order valence-corrected chi connectivity index (χ4v) is 4.88. The van der Waals surface area contributed by atoms with Gasteiger partial charge in [0.05, 0.1) is 5.56 Å². The van der Waals surface area contributed by atoms with Crippen LogP contribution in [-0.2, 0) is 16.3 Å². The summed E-state index contributed by atoms with van der Waals surface area (Å²) < 4.78 is 69.9. The molecular weight excluding hydrogens is 467 g/mol. The Balaban J connectivity index is 1.76. The van der Waals surface area contributed by atoms with Gasteiger partial charge in [0, 0.05) is 37.0 Å². The summed E-state index contributed by atoms with van der Waals surface area (Å²) in [5.74, 6) is 2.21. The predicted molar refractivity (Wildman–Crippen MR) is 122 cm³/mol. The highest BCUT2D eigenvalue weighted by Gasteiger charge is 2.37. The maximum atomic E-state index is 13.3. The molecule has 3 rings (SSSR count). The zero-order chi connectivity index (χ0) is 24.8. The number of hydrogen-bond donors (Lipinski definition) is 0. The zero-order valence-corrected chi connectivity index (χ0v) is 19.6. The molecule has 1 aliphatic heterocycles. The Labute approximate surface area is 198 Å². The molecule has 0 aliphatic carbocycles. The molecule has 1 unspecified atom stereocenters. The lowest BCUT2D eigenvalue weighted by Gasteiger charge is -2.22. The van der Waals surface area contributed by atoms with Crippen LogP contribution in [0.5, 0.6) is 5.75 Å². The van der Waals surface area contributed by atoms with Gasteiger partial charge in [-0.2, -0.15) is 21.6 Å². The Morgan fingerprint density at radius 3 is 2.47 bits per heavy atom. The first-order valence-electron chi connectivity index (χ1n) is 11.1. The Morgan fingerprint density at radius 2 is 1.79 bits per heavy atom. The number of halogens is 3. The number of carbonyl (C=O) groups excluding carboxylic acids is 1. The van der Waals surface area contributed by atoms with Gasteiger partial charge in [0.25, 0.3) is 0 Å². The molecule has 1 fully saturated rings. The van der Waals surface area contributed by atoms with Crippen molar-refractivity contribution in [2.75, 3.05) is 13.1 Å². The van der Waals surface area contributed by atoms with Crippen molar-refractivity contribution in [1.29, 1.82) is 0 Å². The molecule has 0 radical (unpaired) electrons. The zero-order valence-electron chi connectivity index (χ0n) is 18.8. The summed E-state index contributed by atoms with van der Waals surface area (Å²) in [5, 5.41) is 0. The van der Waals surface area contributed by atoms with Gasteiger partial charge >= 0.3 is 16.3 Å². The highest BCUT2D eigenvalue weighted by atomic mass is 32.2. The van der Waals surface area contributed by atoms with Crippen LogP contribution in [0.1, 0.15) is 54.9 Å². The van der Waals surface area contributed by atoms with Crippen LogP contribution in [0.2, 0.25) is 0 Å². The lowest BCUT2D eigenvalue weighted by atomic mass is 9.92. The second-order valence-corrected chi connectivity index (χ2v) is 9.58. The first-order valence-corrected chi connectivity index (χ1v) is 12.5. The summed E-state index contributed by atoms with van der Waals surface area (Å²) >= 11 is 0. The maximum Gasteiger partial charge on any atom is 0.417 e. The SMILES string of the molecule is CCC(CC#CN1CCCCC1)C(=O)c1cccc(OS(=O)(=O)c2ccccc2C(F)(F)F)c1. The summed E-state index contributed by atoms with van der Waals surface area (Å²) in [7, 11) is -4.78. The summed E-state index contributed by atoms with van der Waals surface area (Å²) in [6, 6.07) is 12.4. The van der Waals surface area contributed by atoms with Crippen molar-refractivity contribution in [3.63, 3.8) is 0 Å². The van der Waals surface area contributed by atoms with Gasteiger partial charge < -0.3 is 9.08 Å². The average molecular weight is 494 g/mol. The predicted octanol–water partition coefficient (Wildman–Crippen LogP) is 5.52. The molecular formula is C25H26F3NO4S. The quantitative estimate of drug-likeness (QED) is 0.289. The van der Waals surface area contributed by atoms with E-state index >= 15 is 0 Å². The summed E-state index contributed by atoms with van der Waals surface area (Å²) in [4.78, 5) is 14.1. The lowest BCUT2D eigenvalue weighted by Crippen LogP contribution is -2.24. The van der Waals surface area contributed by atoms with Gasteiger partial charge in [0.2, 0.25) is 0 Å². The van der Waals surface area contributed by atoms with Crippen LogP contribution >= 0.6 is 0 Å². The molecule has 0 bridgehead atoms. The fraction of sp³-hybridized carbons (Fsp3) is 0.400. The van der Waals surface area contributed by atoms with Crippen molar-refractivity contribution in [1.82, 2.24) is 4.90 Å². The van der Waals surface area contributed by atoms with Crippen LogP contribution in [0.3, 0.4) is 0 Å². The number of rotatable bonds is 7. The molecule has 5 nitrogen and oxygen atoms in total. The first-order chi connectivity index (χ1) is 16.1. The third-order valence-corrected chi connectivity index (χ3v) is 6.90. The highest BCUT2D eigenvalue weighted by Crippen LogP contribution is 2.35. The van der Waals surface area contributed by atoms with E-state index in [-0.39, 0.29) is 17.1 Å². The van der Waals surface area contributed by atoms with Gasteiger partial charge in [-0.25, -0.2) is 0 Å². The van der Waals surface area contributed by atoms with E-state index in [1.807, 2.05) is 6.92 Å². The molecule has 0 amide bonds. The standard InChI is InChI=1S/C25H26F3NO4S/c1-2-19(11-9-17-29-15-6-3-7-16-29)24(30)20-10-8-12-21(18-20)33-34(31,32)23-14-5-4-13-22(23)25(26,27)28/h4-5,8,10,12-14,18-19H,2-3,6-7,11,15-16H2,1H3. The van der Waals surface area contributed by atoms with Gasteiger partial charge in [0.15, 0.2) is 5.78 Å². The average Bonchev–Trinajstić information content (AvgIpc) is 2.81. The fourth-order valence-electron chi connectivity index (χ4n) is 3.74. The number of alkyl halides is 3. The number of Topliss-reactive ketones (excluding diaryl/α,β-unsaturated/α-hetero) is 1. The van der Waals surface area contributed by atoms with Gasteiger partial charge in [-0.1, -0.05) is 37.1 Å². The van der Waals surface area contributed by atoms with Crippen LogP contribution in [0.4, 0.5) is 13.2 Å². The van der Waals surface area contributed by atoms with Gasteiger partial charge in [-0.05, 0) is 49.9 Å². The van der Waals surface area contributed by atoms with Crippen LogP contribution < -0.4 is 4.18 Å². The number of nitrogens with zero attached hydrogens (tertiary/aromatic N) is 1. The summed E-state index contributed by atoms with van der Waals surface area (Å²) in [5.41, 5.74) is -1.11. The van der Waals surface area contributed by atoms with E-state index in [1.165, 1.54) is 36.8 Å². The molecule has 34 heavy (non-hydrogen) atoms. The molecule has 1 heterocycles. The molecule has 2 aromatic rings. The van der Waals surface area contributed by atoms with E-state index in [0.717, 1.165) is 38.1 Å². The number of benzene rings is 2. The number of likely N-dealkylation sites (tertiary alicyclic amines) is 1. The molecule has 1 aliphatic rings. The Bertz CT molecular complexity index is 1180. The van der Waals surface area contributed by atoms with Crippen LogP contribution in [0, 0.1) is 17.9 Å². The minimum Gasteiger partial charge on any atom is -0.379 e. The van der Waals surface area contributed by atoms with E-state index in [2.05, 4.69) is 16.9 Å². The van der Waals surface area contributed by atoms with Crippen LogP contribution in [0.25, 0.3) is 0 Å². The smallest absolute Gasteiger partial charge is 0.379 e. The van der Waals surface area contributed by atoms with Gasteiger partial charge in [-0.3, -0.25) is 4.79 Å². The molecule has 0 N–H and O–H groups in total. The molecule has 1 saturated heterocycles. The van der Waals surface area contributed by atoms with E-state index in [4.69, 9.17) is 4.18 Å². The molecule has 0 saturated carbocycles.